The number of hydrogen-bond donors (Lipinski definition) is 0. The molecule has 77 heavy (non-hydrogen) atoms. The maximum Gasteiger partial charge on any atom is 0.306 e. The molecule has 0 rings (SSSR count). The zero-order valence-electron chi connectivity index (χ0n) is 52.8. The van der Waals surface area contributed by atoms with Crippen LogP contribution in [-0.4, -0.2) is 37.2 Å². The minimum Gasteiger partial charge on any atom is -0.462 e. The maximum absolute atomic E-state index is 12.9. The van der Waals surface area contributed by atoms with Crippen LogP contribution in [0.25, 0.3) is 0 Å². The van der Waals surface area contributed by atoms with Gasteiger partial charge in [-0.15, -0.1) is 0 Å². The van der Waals surface area contributed by atoms with Gasteiger partial charge in [-0.3, -0.25) is 14.4 Å². The van der Waals surface area contributed by atoms with Gasteiger partial charge in [-0.1, -0.05) is 380 Å². The van der Waals surface area contributed by atoms with Crippen LogP contribution in [-0.2, 0) is 28.6 Å². The van der Waals surface area contributed by atoms with Crippen molar-refractivity contribution >= 4 is 17.9 Å². The summed E-state index contributed by atoms with van der Waals surface area (Å²) < 4.78 is 16.9. The van der Waals surface area contributed by atoms with E-state index in [0.29, 0.717) is 19.3 Å². The molecule has 0 aliphatic rings. The van der Waals surface area contributed by atoms with Crippen molar-refractivity contribution in [1.29, 1.82) is 0 Å². The summed E-state index contributed by atoms with van der Waals surface area (Å²) in [6, 6.07) is 0. The van der Waals surface area contributed by atoms with Gasteiger partial charge in [0.15, 0.2) is 6.10 Å². The van der Waals surface area contributed by atoms with Crippen molar-refractivity contribution in [1.82, 2.24) is 0 Å². The molecule has 6 nitrogen and oxygen atoms in total. The Hall–Kier alpha value is -1.59. The van der Waals surface area contributed by atoms with E-state index in [9.17, 15) is 14.4 Å². The molecule has 0 aromatic carbocycles. The standard InChI is InChI=1S/C71H138O6/c1-4-7-10-13-16-19-21-23-25-27-29-31-33-35-36-37-39-40-42-44-46-48-50-52-55-58-61-64-70(73)76-67-68(66-75-69(72)63-60-57-54-18-15-12-9-6-3)77-71(74)65-62-59-56-53-51-49-47-45-43-41-38-34-32-30-28-26-24-22-20-17-14-11-8-5-2/h68H,4-67H2,1-3H3. The second kappa shape index (κ2) is 66.9. The molecular formula is C71H138O6. The topological polar surface area (TPSA) is 78.9 Å². The fraction of sp³-hybridized carbons (Fsp3) is 0.958. The fourth-order valence-electron chi connectivity index (χ4n) is 11.3. The first-order valence-corrected chi connectivity index (χ1v) is 35.5. The lowest BCUT2D eigenvalue weighted by Crippen LogP contribution is -2.30. The molecule has 0 aromatic heterocycles. The number of carbonyl (C=O) groups excluding carboxylic acids is 3. The molecule has 6 heteroatoms. The molecule has 0 N–H and O–H groups in total. The first-order chi connectivity index (χ1) is 38.0. The van der Waals surface area contributed by atoms with Gasteiger partial charge in [0.05, 0.1) is 0 Å². The third-order valence-electron chi connectivity index (χ3n) is 16.6. The van der Waals surface area contributed by atoms with Crippen molar-refractivity contribution in [2.24, 2.45) is 0 Å². The highest BCUT2D eigenvalue weighted by Gasteiger charge is 2.19. The second-order valence-corrected chi connectivity index (χ2v) is 24.5. The van der Waals surface area contributed by atoms with Crippen LogP contribution in [0.1, 0.15) is 419 Å². The number of ether oxygens (including phenoxy) is 3. The molecule has 0 radical (unpaired) electrons. The van der Waals surface area contributed by atoms with Crippen LogP contribution < -0.4 is 0 Å². The third-order valence-corrected chi connectivity index (χ3v) is 16.6. The summed E-state index contributed by atoms with van der Waals surface area (Å²) in [6.07, 6.45) is 78.8. The van der Waals surface area contributed by atoms with Crippen molar-refractivity contribution < 1.29 is 28.6 Å². The number of hydrogen-bond acceptors (Lipinski definition) is 6. The van der Waals surface area contributed by atoms with E-state index in [4.69, 9.17) is 14.2 Å². The monoisotopic (exact) mass is 1090 g/mol. The smallest absolute Gasteiger partial charge is 0.306 e. The molecule has 458 valence electrons. The van der Waals surface area contributed by atoms with Gasteiger partial charge < -0.3 is 14.2 Å². The highest BCUT2D eigenvalue weighted by Crippen LogP contribution is 2.20. The molecule has 0 saturated heterocycles. The Kier molecular flexibility index (Phi) is 65.5. The Bertz CT molecular complexity index is 1160. The SMILES string of the molecule is CCCCCCCCCCCCCCCCCCCCCCCCCCCCCC(=O)OCC(COC(=O)CCCCCCCCCC)OC(=O)CCCCCCCCCCCCCCCCCCCCCCCCCC. The number of esters is 3. The Morgan fingerprint density at radius 2 is 0.351 bits per heavy atom. The minimum absolute atomic E-state index is 0.0610. The van der Waals surface area contributed by atoms with Gasteiger partial charge in [-0.25, -0.2) is 0 Å². The van der Waals surface area contributed by atoms with Gasteiger partial charge in [0.25, 0.3) is 0 Å². The van der Waals surface area contributed by atoms with Crippen LogP contribution in [0, 0.1) is 0 Å². The predicted octanol–water partition coefficient (Wildman–Crippen LogP) is 24.2. The molecule has 1 unspecified atom stereocenters. The van der Waals surface area contributed by atoms with Crippen molar-refractivity contribution in [3.63, 3.8) is 0 Å². The molecule has 0 bridgehead atoms. The predicted molar refractivity (Wildman–Crippen MR) is 335 cm³/mol. The molecule has 0 aromatic rings. The highest BCUT2D eigenvalue weighted by molar-refractivity contribution is 5.71. The van der Waals surface area contributed by atoms with Gasteiger partial charge in [-0.2, -0.15) is 0 Å². The average molecular weight is 1090 g/mol. The first-order valence-electron chi connectivity index (χ1n) is 35.5. The van der Waals surface area contributed by atoms with Gasteiger partial charge in [-0.05, 0) is 19.3 Å². The molecule has 0 heterocycles. The molecule has 0 aliphatic heterocycles. The summed E-state index contributed by atoms with van der Waals surface area (Å²) in [7, 11) is 0. The van der Waals surface area contributed by atoms with E-state index in [-0.39, 0.29) is 31.1 Å². The Labute approximate surface area is 482 Å². The normalized spacial score (nSPS) is 11.9. The summed E-state index contributed by atoms with van der Waals surface area (Å²) in [5.41, 5.74) is 0. The fourth-order valence-corrected chi connectivity index (χ4v) is 11.3. The quantitative estimate of drug-likeness (QED) is 0.0343. The zero-order valence-corrected chi connectivity index (χ0v) is 52.8. The summed E-state index contributed by atoms with van der Waals surface area (Å²) in [5, 5.41) is 0. The molecular weight excluding hydrogens is 949 g/mol. The Balaban J connectivity index is 4.03. The van der Waals surface area contributed by atoms with E-state index in [2.05, 4.69) is 20.8 Å². The average Bonchev–Trinajstić information content (AvgIpc) is 3.43. The van der Waals surface area contributed by atoms with Crippen LogP contribution in [0.15, 0.2) is 0 Å². The Morgan fingerprint density at radius 3 is 0.519 bits per heavy atom. The number of rotatable bonds is 67. The second-order valence-electron chi connectivity index (χ2n) is 24.5. The van der Waals surface area contributed by atoms with E-state index in [0.717, 1.165) is 57.8 Å². The summed E-state index contributed by atoms with van der Waals surface area (Å²) in [4.78, 5) is 38.2. The highest BCUT2D eigenvalue weighted by atomic mass is 16.6. The van der Waals surface area contributed by atoms with Crippen molar-refractivity contribution in [2.75, 3.05) is 13.2 Å². The molecule has 0 fully saturated rings. The maximum atomic E-state index is 12.9. The van der Waals surface area contributed by atoms with Gasteiger partial charge >= 0.3 is 17.9 Å². The first kappa shape index (κ1) is 75.4. The summed E-state index contributed by atoms with van der Waals surface area (Å²) >= 11 is 0. The minimum atomic E-state index is -0.762. The summed E-state index contributed by atoms with van der Waals surface area (Å²) in [5.74, 6) is -0.829. The third kappa shape index (κ3) is 65.1. The molecule has 0 spiro atoms. The van der Waals surface area contributed by atoms with Crippen molar-refractivity contribution in [3.05, 3.63) is 0 Å². The van der Waals surface area contributed by atoms with Crippen LogP contribution in [0.2, 0.25) is 0 Å². The van der Waals surface area contributed by atoms with Crippen LogP contribution in [0.3, 0.4) is 0 Å². The van der Waals surface area contributed by atoms with E-state index in [1.807, 2.05) is 0 Å². The lowest BCUT2D eigenvalue weighted by atomic mass is 10.0. The van der Waals surface area contributed by atoms with Gasteiger partial charge in [0, 0.05) is 19.3 Å². The number of carbonyl (C=O) groups is 3. The van der Waals surface area contributed by atoms with Crippen LogP contribution >= 0.6 is 0 Å². The lowest BCUT2D eigenvalue weighted by Gasteiger charge is -2.18. The van der Waals surface area contributed by atoms with E-state index < -0.39 is 6.10 Å². The zero-order chi connectivity index (χ0) is 55.7. The molecule has 1 atom stereocenters. The van der Waals surface area contributed by atoms with Gasteiger partial charge in [0.2, 0.25) is 0 Å². The van der Waals surface area contributed by atoms with E-state index >= 15 is 0 Å². The largest absolute Gasteiger partial charge is 0.462 e. The van der Waals surface area contributed by atoms with Crippen molar-refractivity contribution in [3.8, 4) is 0 Å². The molecule has 0 aliphatic carbocycles. The number of unbranched alkanes of at least 4 members (excludes halogenated alkanes) is 56. The van der Waals surface area contributed by atoms with E-state index in [1.165, 1.54) is 321 Å². The lowest BCUT2D eigenvalue weighted by molar-refractivity contribution is -0.167. The van der Waals surface area contributed by atoms with E-state index in [1.54, 1.807) is 0 Å². The van der Waals surface area contributed by atoms with Crippen LogP contribution in [0.5, 0.6) is 0 Å². The molecule has 0 saturated carbocycles. The van der Waals surface area contributed by atoms with Crippen molar-refractivity contribution in [2.45, 2.75) is 425 Å². The Morgan fingerprint density at radius 1 is 0.208 bits per heavy atom. The molecule has 0 amide bonds. The van der Waals surface area contributed by atoms with Gasteiger partial charge in [0.1, 0.15) is 13.2 Å². The van der Waals surface area contributed by atoms with Crippen LogP contribution in [0.4, 0.5) is 0 Å². The summed E-state index contributed by atoms with van der Waals surface area (Å²) in [6.45, 7) is 6.71.